The first-order chi connectivity index (χ1) is 12.2. The maximum atomic E-state index is 12.1. The third-order valence-corrected chi connectivity index (χ3v) is 3.99. The molecule has 0 aliphatic carbocycles. The van der Waals surface area contributed by atoms with E-state index in [9.17, 15) is 4.79 Å². The smallest absolute Gasteiger partial charge is 0.319 e. The molecule has 0 bridgehead atoms. The van der Waals surface area contributed by atoms with Crippen molar-refractivity contribution >= 4 is 22.6 Å². The monoisotopic (exact) mass is 339 g/mol. The van der Waals surface area contributed by atoms with Crippen LogP contribution in [0.1, 0.15) is 5.56 Å². The fourth-order valence-electron chi connectivity index (χ4n) is 2.72. The van der Waals surface area contributed by atoms with Gasteiger partial charge in [0.1, 0.15) is 0 Å². The first-order valence-electron chi connectivity index (χ1n) is 8.03. The van der Waals surface area contributed by atoms with Gasteiger partial charge in [-0.05, 0) is 42.3 Å². The highest BCUT2D eigenvalue weighted by atomic mass is 16.5. The Bertz CT molecular complexity index is 873. The van der Waals surface area contributed by atoms with E-state index in [0.29, 0.717) is 24.5 Å². The summed E-state index contributed by atoms with van der Waals surface area (Å²) in [6.45, 7) is 0.518. The van der Waals surface area contributed by atoms with E-state index in [4.69, 9.17) is 9.47 Å². The molecule has 0 unspecified atom stereocenters. The van der Waals surface area contributed by atoms with Crippen molar-refractivity contribution in [1.29, 1.82) is 0 Å². The summed E-state index contributed by atoms with van der Waals surface area (Å²) in [7, 11) is 3.21. The number of aromatic nitrogens is 1. The van der Waals surface area contributed by atoms with Crippen molar-refractivity contribution in [3.63, 3.8) is 0 Å². The van der Waals surface area contributed by atoms with Crippen LogP contribution in [-0.2, 0) is 6.42 Å². The van der Waals surface area contributed by atoms with Gasteiger partial charge in [-0.25, -0.2) is 4.79 Å². The highest BCUT2D eigenvalue weighted by Gasteiger charge is 2.07. The van der Waals surface area contributed by atoms with Crippen LogP contribution >= 0.6 is 0 Å². The maximum absolute atomic E-state index is 12.1. The number of hydrogen-bond acceptors (Lipinski definition) is 3. The van der Waals surface area contributed by atoms with E-state index in [0.717, 1.165) is 22.2 Å². The van der Waals surface area contributed by atoms with Gasteiger partial charge in [0.15, 0.2) is 11.5 Å². The van der Waals surface area contributed by atoms with Gasteiger partial charge in [-0.15, -0.1) is 0 Å². The summed E-state index contributed by atoms with van der Waals surface area (Å²) in [4.78, 5) is 15.2. The molecule has 0 saturated carbocycles. The van der Waals surface area contributed by atoms with E-state index in [-0.39, 0.29) is 6.03 Å². The van der Waals surface area contributed by atoms with Crippen molar-refractivity contribution in [2.24, 2.45) is 0 Å². The van der Waals surface area contributed by atoms with Gasteiger partial charge >= 0.3 is 6.03 Å². The average molecular weight is 339 g/mol. The first-order valence-corrected chi connectivity index (χ1v) is 8.03. The molecule has 0 saturated heterocycles. The number of amides is 2. The van der Waals surface area contributed by atoms with Crippen LogP contribution in [-0.4, -0.2) is 31.8 Å². The lowest BCUT2D eigenvalue weighted by Gasteiger charge is -2.11. The van der Waals surface area contributed by atoms with Gasteiger partial charge < -0.3 is 25.1 Å². The number of aromatic amines is 1. The Morgan fingerprint density at radius 2 is 1.92 bits per heavy atom. The molecule has 130 valence electrons. The molecule has 0 radical (unpaired) electrons. The van der Waals surface area contributed by atoms with Gasteiger partial charge in [0.2, 0.25) is 0 Å². The molecule has 3 N–H and O–H groups in total. The predicted molar refractivity (Wildman–Crippen MR) is 98.6 cm³/mol. The van der Waals surface area contributed by atoms with Gasteiger partial charge in [0.25, 0.3) is 0 Å². The topological polar surface area (TPSA) is 75.4 Å². The summed E-state index contributed by atoms with van der Waals surface area (Å²) in [5.41, 5.74) is 2.83. The average Bonchev–Trinajstić information content (AvgIpc) is 3.11. The normalized spacial score (nSPS) is 10.5. The Balaban J connectivity index is 1.55. The van der Waals surface area contributed by atoms with Gasteiger partial charge in [0, 0.05) is 23.6 Å². The van der Waals surface area contributed by atoms with Gasteiger partial charge in [-0.1, -0.05) is 12.1 Å². The molecule has 0 fully saturated rings. The number of ether oxygens (including phenoxy) is 2. The van der Waals surface area contributed by atoms with E-state index < -0.39 is 0 Å². The van der Waals surface area contributed by atoms with Crippen molar-refractivity contribution in [2.75, 3.05) is 26.1 Å². The van der Waals surface area contributed by atoms with Crippen LogP contribution in [0.2, 0.25) is 0 Å². The molecule has 0 aliphatic heterocycles. The number of nitrogens with one attached hydrogen (secondary N) is 3. The molecule has 6 nitrogen and oxygen atoms in total. The van der Waals surface area contributed by atoms with Crippen molar-refractivity contribution in [2.45, 2.75) is 6.42 Å². The molecule has 1 aromatic heterocycles. The zero-order chi connectivity index (χ0) is 17.6. The Hall–Kier alpha value is -3.15. The van der Waals surface area contributed by atoms with Crippen LogP contribution in [0.4, 0.5) is 10.5 Å². The van der Waals surface area contributed by atoms with Crippen LogP contribution in [0.3, 0.4) is 0 Å². The molecular formula is C19H21N3O3. The highest BCUT2D eigenvalue weighted by molar-refractivity contribution is 6.00. The molecule has 1 heterocycles. The summed E-state index contributed by atoms with van der Waals surface area (Å²) in [6, 6.07) is 13.2. The second-order valence-electron chi connectivity index (χ2n) is 5.56. The standard InChI is InChI=1S/C19H21N3O3/c1-24-17-7-6-13(12-18(17)25-2)8-10-21-19(23)22-16-5-3-4-15-14(16)9-11-20-15/h3-7,9,11-12,20H,8,10H2,1-2H3,(H2,21,22,23). The lowest BCUT2D eigenvalue weighted by Crippen LogP contribution is -2.30. The minimum atomic E-state index is -0.228. The number of hydrogen-bond donors (Lipinski definition) is 3. The number of rotatable bonds is 6. The van der Waals surface area contributed by atoms with Crippen LogP contribution in [0.15, 0.2) is 48.7 Å². The Labute approximate surface area is 146 Å². The summed E-state index contributed by atoms with van der Waals surface area (Å²) in [5, 5.41) is 6.74. The van der Waals surface area contributed by atoms with Gasteiger partial charge in [-0.2, -0.15) is 0 Å². The quantitative estimate of drug-likeness (QED) is 0.643. The van der Waals surface area contributed by atoms with E-state index in [1.807, 2.05) is 48.7 Å². The first kappa shape index (κ1) is 16.7. The van der Waals surface area contributed by atoms with E-state index in [2.05, 4.69) is 15.6 Å². The molecule has 3 aromatic rings. The van der Waals surface area contributed by atoms with Gasteiger partial charge in [0.05, 0.1) is 19.9 Å². The Kier molecular flexibility index (Phi) is 5.09. The highest BCUT2D eigenvalue weighted by Crippen LogP contribution is 2.27. The summed E-state index contributed by atoms with van der Waals surface area (Å²) in [6.07, 6.45) is 2.55. The number of urea groups is 1. The number of methoxy groups -OCH3 is 2. The Morgan fingerprint density at radius 3 is 2.72 bits per heavy atom. The molecule has 0 spiro atoms. The minimum absolute atomic E-state index is 0.228. The number of benzene rings is 2. The largest absolute Gasteiger partial charge is 0.493 e. The second kappa shape index (κ2) is 7.61. The summed E-state index contributed by atoms with van der Waals surface area (Å²) < 4.78 is 10.5. The predicted octanol–water partition coefficient (Wildman–Crippen LogP) is 3.55. The van der Waals surface area contributed by atoms with E-state index in [1.54, 1.807) is 14.2 Å². The molecule has 2 amide bonds. The van der Waals surface area contributed by atoms with Crippen molar-refractivity contribution in [3.05, 3.63) is 54.2 Å². The maximum Gasteiger partial charge on any atom is 0.319 e. The fraction of sp³-hybridized carbons (Fsp3) is 0.211. The molecule has 0 atom stereocenters. The summed E-state index contributed by atoms with van der Waals surface area (Å²) >= 11 is 0. The lowest BCUT2D eigenvalue weighted by atomic mass is 10.1. The molecular weight excluding hydrogens is 318 g/mol. The number of fused-ring (bicyclic) bond motifs is 1. The van der Waals surface area contributed by atoms with Crippen molar-refractivity contribution in [1.82, 2.24) is 10.3 Å². The molecule has 6 heteroatoms. The van der Waals surface area contributed by atoms with E-state index in [1.165, 1.54) is 0 Å². The lowest BCUT2D eigenvalue weighted by molar-refractivity contribution is 0.252. The van der Waals surface area contributed by atoms with Crippen molar-refractivity contribution in [3.8, 4) is 11.5 Å². The molecule has 3 rings (SSSR count). The minimum Gasteiger partial charge on any atom is -0.493 e. The number of carbonyl (C=O) groups excluding carboxylic acids is 1. The zero-order valence-corrected chi connectivity index (χ0v) is 14.3. The number of anilines is 1. The third kappa shape index (κ3) is 3.85. The van der Waals surface area contributed by atoms with E-state index >= 15 is 0 Å². The zero-order valence-electron chi connectivity index (χ0n) is 14.3. The molecule has 0 aliphatic rings. The molecule has 25 heavy (non-hydrogen) atoms. The third-order valence-electron chi connectivity index (χ3n) is 3.99. The Morgan fingerprint density at radius 1 is 1.08 bits per heavy atom. The SMILES string of the molecule is COc1ccc(CCNC(=O)Nc2cccc3[nH]ccc23)cc1OC. The van der Waals surface area contributed by atoms with Crippen LogP contribution in [0.5, 0.6) is 11.5 Å². The number of carbonyl (C=O) groups is 1. The summed E-state index contributed by atoms with van der Waals surface area (Å²) in [5.74, 6) is 1.38. The van der Waals surface area contributed by atoms with Crippen LogP contribution in [0.25, 0.3) is 10.9 Å². The van der Waals surface area contributed by atoms with Crippen LogP contribution in [0, 0.1) is 0 Å². The van der Waals surface area contributed by atoms with Gasteiger partial charge in [-0.3, -0.25) is 0 Å². The van der Waals surface area contributed by atoms with Crippen molar-refractivity contribution < 1.29 is 14.3 Å². The molecule has 2 aromatic carbocycles. The van der Waals surface area contributed by atoms with Crippen LogP contribution < -0.4 is 20.1 Å². The number of H-pyrrole nitrogens is 1. The second-order valence-corrected chi connectivity index (χ2v) is 5.56. The fourth-order valence-corrected chi connectivity index (χ4v) is 2.72.